The smallest absolute Gasteiger partial charge is 0.352 e. The third-order valence-electron chi connectivity index (χ3n) is 7.51. The number of carbonyl (C=O) groups is 2. The van der Waals surface area contributed by atoms with Crippen molar-refractivity contribution < 1.29 is 14.7 Å². The van der Waals surface area contributed by atoms with E-state index in [9.17, 15) is 14.7 Å². The molecule has 0 radical (unpaired) electrons. The van der Waals surface area contributed by atoms with E-state index in [0.29, 0.717) is 17.9 Å². The summed E-state index contributed by atoms with van der Waals surface area (Å²) in [7, 11) is 0. The summed E-state index contributed by atoms with van der Waals surface area (Å²) in [5.41, 5.74) is 18.6. The summed E-state index contributed by atoms with van der Waals surface area (Å²) < 4.78 is 0. The number of nitrogens with one attached hydrogen (secondary N) is 4. The fourth-order valence-corrected chi connectivity index (χ4v) is 5.44. The molecular weight excluding hydrogens is 478 g/mol. The van der Waals surface area contributed by atoms with Crippen molar-refractivity contribution in [2.45, 2.75) is 84.6 Å². The molecule has 0 bridgehead atoms. The molecule has 0 unspecified atom stereocenters. The Kier molecular flexibility index (Phi) is 9.69. The molecule has 4 rings (SSSR count). The zero-order chi connectivity index (χ0) is 27.1. The summed E-state index contributed by atoms with van der Waals surface area (Å²) in [5, 5.41) is 9.82. The van der Waals surface area contributed by atoms with Crippen LogP contribution >= 0.6 is 0 Å². The Hall–Kier alpha value is -3.04. The fourth-order valence-electron chi connectivity index (χ4n) is 5.44. The van der Waals surface area contributed by atoms with Crippen LogP contribution in [0, 0.1) is 5.92 Å². The minimum Gasteiger partial charge on any atom is -0.477 e. The van der Waals surface area contributed by atoms with Gasteiger partial charge in [0.1, 0.15) is 11.9 Å². The Morgan fingerprint density at radius 2 is 1.61 bits per heavy atom. The van der Waals surface area contributed by atoms with Gasteiger partial charge < -0.3 is 10.0 Å². The molecule has 2 aromatic carbocycles. The number of hydrogen-bond acceptors (Lipinski definition) is 6. The average molecular weight is 520 g/mol. The molecule has 1 aliphatic carbocycles. The highest BCUT2D eigenvalue weighted by molar-refractivity contribution is 5.93. The largest absolute Gasteiger partial charge is 0.477 e. The van der Waals surface area contributed by atoms with Crippen molar-refractivity contribution in [1.82, 2.24) is 26.6 Å². The van der Waals surface area contributed by atoms with E-state index in [0.717, 1.165) is 35.1 Å². The molecule has 2 fully saturated rings. The number of aliphatic carboxylic acids is 1. The van der Waals surface area contributed by atoms with E-state index < -0.39 is 5.97 Å². The SMILES string of the molecule is CCCCC(=O)N(Cc1ccc(-c2ccccc2C2NNC(C3CCCC3)NN2)cc1)C(C(=O)O)=C(C)C. The molecule has 1 aliphatic heterocycles. The number of nitrogens with zero attached hydrogens (tertiary/aromatic N) is 1. The lowest BCUT2D eigenvalue weighted by atomic mass is 9.96. The van der Waals surface area contributed by atoms with Crippen molar-refractivity contribution >= 4 is 11.9 Å². The number of carbonyl (C=O) groups excluding carboxylic acids is 1. The normalized spacial score (nSPS) is 19.8. The number of allylic oxidation sites excluding steroid dienone is 1. The summed E-state index contributed by atoms with van der Waals surface area (Å²) in [6, 6.07) is 16.3. The minimum atomic E-state index is -1.08. The van der Waals surface area contributed by atoms with Gasteiger partial charge in [-0.15, -0.1) is 0 Å². The van der Waals surface area contributed by atoms with Crippen LogP contribution in [0.2, 0.25) is 0 Å². The molecule has 8 heteroatoms. The first kappa shape index (κ1) is 28.0. The molecule has 5 N–H and O–H groups in total. The molecule has 0 spiro atoms. The van der Waals surface area contributed by atoms with Crippen molar-refractivity contribution in [3.05, 3.63) is 70.9 Å². The maximum absolute atomic E-state index is 13.0. The molecule has 0 atom stereocenters. The molecule has 0 aromatic heterocycles. The monoisotopic (exact) mass is 519 g/mol. The van der Waals surface area contributed by atoms with Crippen LogP contribution in [0.25, 0.3) is 11.1 Å². The second-order valence-electron chi connectivity index (χ2n) is 10.6. The minimum absolute atomic E-state index is 0.0610. The van der Waals surface area contributed by atoms with E-state index in [2.05, 4.69) is 33.8 Å². The van der Waals surface area contributed by atoms with Crippen molar-refractivity contribution in [2.75, 3.05) is 0 Å². The summed E-state index contributed by atoms with van der Waals surface area (Å²) in [6.45, 7) is 5.71. The van der Waals surface area contributed by atoms with Crippen molar-refractivity contribution in [2.24, 2.45) is 5.92 Å². The molecular formula is C30H41N5O3. The first-order valence-corrected chi connectivity index (χ1v) is 13.8. The molecule has 1 saturated heterocycles. The summed E-state index contributed by atoms with van der Waals surface area (Å²) in [4.78, 5) is 26.4. The van der Waals surface area contributed by atoms with Crippen LogP contribution in [-0.4, -0.2) is 28.0 Å². The summed E-state index contributed by atoms with van der Waals surface area (Å²) in [5.74, 6) is -0.615. The maximum atomic E-state index is 13.0. The number of benzene rings is 2. The van der Waals surface area contributed by atoms with Crippen molar-refractivity contribution in [3.63, 3.8) is 0 Å². The Labute approximate surface area is 225 Å². The lowest BCUT2D eigenvalue weighted by Gasteiger charge is -2.37. The molecule has 8 nitrogen and oxygen atoms in total. The van der Waals surface area contributed by atoms with Crippen LogP contribution in [0.1, 0.15) is 83.0 Å². The van der Waals surface area contributed by atoms with Crippen molar-refractivity contribution in [3.8, 4) is 11.1 Å². The number of amides is 1. The quantitative estimate of drug-likeness (QED) is 0.282. The van der Waals surface area contributed by atoms with Crippen LogP contribution in [0.4, 0.5) is 0 Å². The number of carboxylic acids is 1. The standard InChI is InChI=1S/C30H41N5O3/c1-4-5-14-26(36)35(27(20(2)3)30(37)38)19-21-15-17-22(18-16-21)24-12-8-9-13-25(24)29-33-31-28(32-34-29)23-10-6-7-11-23/h8-9,12-13,15-18,23,28-29,31-34H,4-7,10-11,14,19H2,1-3H3,(H,37,38). The molecule has 1 heterocycles. The van der Waals surface area contributed by atoms with E-state index in [4.69, 9.17) is 0 Å². The Morgan fingerprint density at radius 1 is 0.947 bits per heavy atom. The number of hydrazine groups is 2. The molecule has 1 saturated carbocycles. The Morgan fingerprint density at radius 3 is 2.21 bits per heavy atom. The number of carboxylic acid groups (broad SMARTS) is 1. The van der Waals surface area contributed by atoms with Crippen LogP contribution in [0.15, 0.2) is 59.8 Å². The highest BCUT2D eigenvalue weighted by Gasteiger charge is 2.30. The lowest BCUT2D eigenvalue weighted by molar-refractivity contribution is -0.140. The number of unbranched alkanes of at least 4 members (excludes halogenated alkanes) is 1. The maximum Gasteiger partial charge on any atom is 0.352 e. The van der Waals surface area contributed by atoms with Gasteiger partial charge in [0.25, 0.3) is 0 Å². The summed E-state index contributed by atoms with van der Waals surface area (Å²) in [6.07, 6.45) is 7.11. The van der Waals surface area contributed by atoms with E-state index >= 15 is 0 Å². The van der Waals surface area contributed by atoms with Gasteiger partial charge >= 0.3 is 5.97 Å². The number of rotatable bonds is 10. The van der Waals surface area contributed by atoms with Gasteiger partial charge in [0, 0.05) is 6.42 Å². The molecule has 2 aromatic rings. The topological polar surface area (TPSA) is 106 Å². The van der Waals surface area contributed by atoms with E-state index in [1.807, 2.05) is 43.3 Å². The van der Waals surface area contributed by atoms with Crippen molar-refractivity contribution in [1.29, 1.82) is 0 Å². The molecule has 204 valence electrons. The van der Waals surface area contributed by atoms with Gasteiger partial charge in [-0.2, -0.15) is 0 Å². The van der Waals surface area contributed by atoms with Crippen LogP contribution < -0.4 is 21.7 Å². The first-order valence-electron chi connectivity index (χ1n) is 13.8. The first-order chi connectivity index (χ1) is 18.4. The van der Waals surface area contributed by atoms with Crippen LogP contribution in [0.3, 0.4) is 0 Å². The highest BCUT2D eigenvalue weighted by atomic mass is 16.4. The zero-order valence-electron chi connectivity index (χ0n) is 22.7. The Bertz CT molecular complexity index is 1130. The van der Waals surface area contributed by atoms with Gasteiger partial charge in [-0.1, -0.05) is 74.7 Å². The highest BCUT2D eigenvalue weighted by Crippen LogP contribution is 2.30. The van der Waals surface area contributed by atoms with Gasteiger partial charge in [-0.3, -0.25) is 4.79 Å². The second kappa shape index (κ2) is 13.2. The molecule has 2 aliphatic rings. The van der Waals surface area contributed by atoms with Crippen LogP contribution in [-0.2, 0) is 16.1 Å². The van der Waals surface area contributed by atoms with E-state index in [-0.39, 0.29) is 30.5 Å². The third kappa shape index (κ3) is 6.69. The van der Waals surface area contributed by atoms with E-state index in [1.165, 1.54) is 30.6 Å². The molecule has 38 heavy (non-hydrogen) atoms. The zero-order valence-corrected chi connectivity index (χ0v) is 22.7. The average Bonchev–Trinajstić information content (AvgIpc) is 3.47. The Balaban J connectivity index is 1.50. The van der Waals surface area contributed by atoms with Gasteiger partial charge in [0.15, 0.2) is 0 Å². The van der Waals surface area contributed by atoms with Gasteiger partial charge in [-0.25, -0.2) is 26.5 Å². The predicted molar refractivity (Wildman–Crippen MR) is 149 cm³/mol. The second-order valence-corrected chi connectivity index (χ2v) is 10.6. The molecule has 1 amide bonds. The van der Waals surface area contributed by atoms with Crippen LogP contribution in [0.5, 0.6) is 0 Å². The fraction of sp³-hybridized carbons (Fsp3) is 0.467. The predicted octanol–water partition coefficient (Wildman–Crippen LogP) is 4.97. The van der Waals surface area contributed by atoms with Gasteiger partial charge in [0.2, 0.25) is 5.91 Å². The third-order valence-corrected chi connectivity index (χ3v) is 7.51. The van der Waals surface area contributed by atoms with E-state index in [1.54, 1.807) is 13.8 Å². The number of hydrogen-bond donors (Lipinski definition) is 5. The van der Waals surface area contributed by atoms with Gasteiger partial charge in [-0.05, 0) is 66.9 Å². The lowest BCUT2D eigenvalue weighted by Crippen LogP contribution is -2.66. The van der Waals surface area contributed by atoms with Gasteiger partial charge in [0.05, 0.1) is 12.7 Å². The summed E-state index contributed by atoms with van der Waals surface area (Å²) >= 11 is 0.